The van der Waals surface area contributed by atoms with Gasteiger partial charge in [0.25, 0.3) is 0 Å². The standard InChI is InChI=1S/C20H18ClN5O2/c1-12-18(17(27)11-13-3-7-15(21)8-4-13)19(26-20(22-12)23-24-25-26)14-5-9-16(28-2)10-6-14/h3-10,19H,11H2,1-2H3,(H,22,23,25). The molecule has 142 valence electrons. The largest absolute Gasteiger partial charge is 0.497 e. The van der Waals surface area contributed by atoms with Gasteiger partial charge in [-0.3, -0.25) is 4.79 Å². The molecular weight excluding hydrogens is 378 g/mol. The fourth-order valence-corrected chi connectivity index (χ4v) is 3.48. The van der Waals surface area contributed by atoms with Crippen LogP contribution in [-0.4, -0.2) is 33.1 Å². The van der Waals surface area contributed by atoms with Crippen LogP contribution in [0.5, 0.6) is 5.75 Å². The Bertz CT molecular complexity index is 1040. The molecule has 7 nitrogen and oxygen atoms in total. The molecule has 0 bridgehead atoms. The molecule has 0 amide bonds. The summed E-state index contributed by atoms with van der Waals surface area (Å²) >= 11 is 5.95. The first-order valence-corrected chi connectivity index (χ1v) is 9.12. The van der Waals surface area contributed by atoms with Crippen LogP contribution in [0.2, 0.25) is 5.02 Å². The van der Waals surface area contributed by atoms with Gasteiger partial charge in [0, 0.05) is 22.7 Å². The minimum Gasteiger partial charge on any atom is -0.497 e. The van der Waals surface area contributed by atoms with Gasteiger partial charge in [0.2, 0.25) is 5.95 Å². The molecule has 2 aromatic carbocycles. The van der Waals surface area contributed by atoms with E-state index < -0.39 is 6.04 Å². The van der Waals surface area contributed by atoms with Gasteiger partial charge < -0.3 is 10.1 Å². The highest BCUT2D eigenvalue weighted by atomic mass is 35.5. The molecule has 1 aliphatic rings. The lowest BCUT2D eigenvalue weighted by molar-refractivity contribution is -0.115. The van der Waals surface area contributed by atoms with Gasteiger partial charge in [-0.05, 0) is 52.7 Å². The van der Waals surface area contributed by atoms with E-state index in [0.717, 1.165) is 22.6 Å². The van der Waals surface area contributed by atoms with Gasteiger partial charge in [-0.25, -0.2) is 0 Å². The molecule has 0 fully saturated rings. The minimum absolute atomic E-state index is 0.00529. The number of carbonyl (C=O) groups excluding carboxylic acids is 1. The topological polar surface area (TPSA) is 81.9 Å². The van der Waals surface area contributed by atoms with Crippen LogP contribution in [0, 0.1) is 0 Å². The zero-order chi connectivity index (χ0) is 19.7. The normalized spacial score (nSPS) is 15.8. The van der Waals surface area contributed by atoms with Crippen LogP contribution in [0.15, 0.2) is 59.8 Å². The molecule has 28 heavy (non-hydrogen) atoms. The Morgan fingerprint density at radius 3 is 2.57 bits per heavy atom. The average Bonchev–Trinajstić information content (AvgIpc) is 3.16. The molecule has 0 aliphatic carbocycles. The van der Waals surface area contributed by atoms with Gasteiger partial charge in [0.15, 0.2) is 5.78 Å². The number of carbonyl (C=O) groups is 1. The van der Waals surface area contributed by atoms with Crippen molar-refractivity contribution in [2.24, 2.45) is 0 Å². The third-order valence-electron chi connectivity index (χ3n) is 4.72. The molecule has 3 aromatic rings. The summed E-state index contributed by atoms with van der Waals surface area (Å²) in [4.78, 5) is 13.3. The number of rotatable bonds is 5. The monoisotopic (exact) mass is 395 g/mol. The van der Waals surface area contributed by atoms with E-state index >= 15 is 0 Å². The molecule has 2 heterocycles. The van der Waals surface area contributed by atoms with Crippen molar-refractivity contribution in [2.75, 3.05) is 12.4 Å². The second kappa shape index (κ2) is 7.44. The van der Waals surface area contributed by atoms with Crippen molar-refractivity contribution in [2.45, 2.75) is 19.4 Å². The zero-order valence-corrected chi connectivity index (χ0v) is 16.1. The molecule has 1 atom stereocenters. The first-order chi connectivity index (χ1) is 13.6. The number of hydrogen-bond donors (Lipinski definition) is 1. The van der Waals surface area contributed by atoms with E-state index in [0.29, 0.717) is 16.5 Å². The van der Waals surface area contributed by atoms with Crippen LogP contribution < -0.4 is 10.1 Å². The van der Waals surface area contributed by atoms with Gasteiger partial charge in [0.1, 0.15) is 11.8 Å². The maximum absolute atomic E-state index is 13.3. The van der Waals surface area contributed by atoms with Crippen LogP contribution in [0.4, 0.5) is 5.95 Å². The maximum atomic E-state index is 13.3. The number of aromatic nitrogens is 4. The van der Waals surface area contributed by atoms with Gasteiger partial charge in [-0.2, -0.15) is 4.68 Å². The summed E-state index contributed by atoms with van der Waals surface area (Å²) in [6.07, 6.45) is 0.260. The fraction of sp³-hybridized carbons (Fsp3) is 0.200. The first kappa shape index (κ1) is 18.2. The van der Waals surface area contributed by atoms with Crippen LogP contribution in [0.1, 0.15) is 24.1 Å². The maximum Gasteiger partial charge on any atom is 0.248 e. The summed E-state index contributed by atoms with van der Waals surface area (Å²) in [5, 5.41) is 15.6. The number of benzene rings is 2. The predicted octanol–water partition coefficient (Wildman–Crippen LogP) is 3.44. The van der Waals surface area contributed by atoms with Crippen LogP contribution >= 0.6 is 11.6 Å². The lowest BCUT2D eigenvalue weighted by Gasteiger charge is -2.28. The quantitative estimate of drug-likeness (QED) is 0.712. The molecule has 1 N–H and O–H groups in total. The second-order valence-corrected chi connectivity index (χ2v) is 6.95. The summed E-state index contributed by atoms with van der Waals surface area (Å²) in [6.45, 7) is 1.86. The van der Waals surface area contributed by atoms with Crippen molar-refractivity contribution in [3.63, 3.8) is 0 Å². The molecule has 4 rings (SSSR count). The molecule has 0 spiro atoms. The SMILES string of the molecule is COc1ccc(C2C(C(=O)Cc3ccc(Cl)cc3)=C(C)Nc3nnnn32)cc1. The molecule has 0 radical (unpaired) electrons. The summed E-state index contributed by atoms with van der Waals surface area (Å²) in [7, 11) is 1.62. The Hall–Kier alpha value is -3.19. The van der Waals surface area contributed by atoms with Crippen molar-refractivity contribution < 1.29 is 9.53 Å². The van der Waals surface area contributed by atoms with E-state index in [1.54, 1.807) is 23.9 Å². The Labute approximate surface area is 167 Å². The highest BCUT2D eigenvalue weighted by molar-refractivity contribution is 6.30. The number of hydrogen-bond acceptors (Lipinski definition) is 6. The average molecular weight is 396 g/mol. The number of Topliss-reactive ketones (excluding diaryl/α,β-unsaturated/α-hetero) is 1. The third kappa shape index (κ3) is 3.36. The van der Waals surface area contributed by atoms with E-state index in [2.05, 4.69) is 20.8 Å². The predicted molar refractivity (Wildman–Crippen MR) is 105 cm³/mol. The number of halogens is 1. The smallest absolute Gasteiger partial charge is 0.248 e. The van der Waals surface area contributed by atoms with E-state index in [1.807, 2.05) is 43.3 Å². The molecule has 1 unspecified atom stereocenters. The molecule has 0 saturated carbocycles. The fourth-order valence-electron chi connectivity index (χ4n) is 3.35. The molecular formula is C20H18ClN5O2. The van der Waals surface area contributed by atoms with Crippen LogP contribution in [0.25, 0.3) is 0 Å². The number of ether oxygens (including phenoxy) is 1. The molecule has 8 heteroatoms. The number of nitrogens with one attached hydrogen (secondary N) is 1. The Kier molecular flexibility index (Phi) is 4.83. The highest BCUT2D eigenvalue weighted by Gasteiger charge is 2.33. The second-order valence-electron chi connectivity index (χ2n) is 6.51. The number of fused-ring (bicyclic) bond motifs is 1. The Balaban J connectivity index is 1.73. The molecule has 1 aliphatic heterocycles. The summed E-state index contributed by atoms with van der Waals surface area (Å²) < 4.78 is 6.87. The lowest BCUT2D eigenvalue weighted by Crippen LogP contribution is -2.29. The van der Waals surface area contributed by atoms with E-state index in [1.165, 1.54) is 0 Å². The summed E-state index contributed by atoms with van der Waals surface area (Å²) in [6, 6.07) is 14.4. The Morgan fingerprint density at radius 2 is 1.89 bits per heavy atom. The van der Waals surface area contributed by atoms with Crippen molar-refractivity contribution in [3.05, 3.63) is 76.0 Å². The van der Waals surface area contributed by atoms with Crippen molar-refractivity contribution in [1.82, 2.24) is 20.2 Å². The van der Waals surface area contributed by atoms with Crippen molar-refractivity contribution in [1.29, 1.82) is 0 Å². The van der Waals surface area contributed by atoms with Crippen molar-refractivity contribution >= 4 is 23.3 Å². The minimum atomic E-state index is -0.419. The number of tetrazole rings is 1. The molecule has 0 saturated heterocycles. The number of ketones is 1. The summed E-state index contributed by atoms with van der Waals surface area (Å²) in [5.41, 5.74) is 3.15. The summed E-state index contributed by atoms with van der Waals surface area (Å²) in [5.74, 6) is 1.24. The van der Waals surface area contributed by atoms with Gasteiger partial charge in [0.05, 0.1) is 7.11 Å². The first-order valence-electron chi connectivity index (χ1n) is 8.74. The van der Waals surface area contributed by atoms with Gasteiger partial charge in [-0.1, -0.05) is 41.0 Å². The van der Waals surface area contributed by atoms with E-state index in [-0.39, 0.29) is 12.2 Å². The lowest BCUT2D eigenvalue weighted by atomic mass is 9.90. The number of nitrogens with zero attached hydrogens (tertiary/aromatic N) is 4. The van der Waals surface area contributed by atoms with Crippen LogP contribution in [-0.2, 0) is 11.2 Å². The van der Waals surface area contributed by atoms with Crippen LogP contribution in [0.3, 0.4) is 0 Å². The van der Waals surface area contributed by atoms with Crippen molar-refractivity contribution in [3.8, 4) is 5.75 Å². The highest BCUT2D eigenvalue weighted by Crippen LogP contribution is 2.35. The number of methoxy groups -OCH3 is 1. The number of allylic oxidation sites excluding steroid dienone is 2. The van der Waals surface area contributed by atoms with E-state index in [4.69, 9.17) is 16.3 Å². The molecule has 1 aromatic heterocycles. The Morgan fingerprint density at radius 1 is 1.18 bits per heavy atom. The van der Waals surface area contributed by atoms with Gasteiger partial charge in [-0.15, -0.1) is 0 Å². The number of anilines is 1. The zero-order valence-electron chi connectivity index (χ0n) is 15.4. The van der Waals surface area contributed by atoms with Gasteiger partial charge >= 0.3 is 0 Å². The third-order valence-corrected chi connectivity index (χ3v) is 4.98. The van der Waals surface area contributed by atoms with E-state index in [9.17, 15) is 4.79 Å².